The molecule has 2 aliphatic rings. The molecule has 0 radical (unpaired) electrons. The summed E-state index contributed by atoms with van der Waals surface area (Å²) in [7, 11) is 0. The summed E-state index contributed by atoms with van der Waals surface area (Å²) >= 11 is 0.113. The molecule has 11 nitrogen and oxygen atoms in total. The second kappa shape index (κ2) is 20.8. The van der Waals surface area contributed by atoms with Crippen molar-refractivity contribution < 1.29 is 42.7 Å². The van der Waals surface area contributed by atoms with Gasteiger partial charge in [0.2, 0.25) is 16.5 Å². The van der Waals surface area contributed by atoms with Crippen molar-refractivity contribution in [3.63, 3.8) is 0 Å². The third-order valence-electron chi connectivity index (χ3n) is 11.4. The summed E-state index contributed by atoms with van der Waals surface area (Å²) in [5.41, 5.74) is 5.95. The van der Waals surface area contributed by atoms with E-state index < -0.39 is 32.6 Å². The minimum absolute atomic E-state index is 0.0626. The number of thioether (sulfide) groups is 1. The summed E-state index contributed by atoms with van der Waals surface area (Å²) in [6.45, 7) is 15.4. The zero-order valence-electron chi connectivity index (χ0n) is 35.9. The van der Waals surface area contributed by atoms with E-state index >= 15 is 0 Å². The number of aryl methyl sites for hydroxylation is 4. The number of carboxylic acid groups (broad SMARTS) is 2. The molecule has 5 atom stereocenters. The van der Waals surface area contributed by atoms with Crippen LogP contribution in [0.5, 0.6) is 0 Å². The first kappa shape index (κ1) is 46.4. The van der Waals surface area contributed by atoms with E-state index in [4.69, 9.17) is 18.3 Å². The van der Waals surface area contributed by atoms with E-state index in [0.29, 0.717) is 36.7 Å². The Kier molecular flexibility index (Phi) is 16.3. The molecule has 0 spiro atoms. The SMILES string of the molecule is Cc1ccc(-c2nc(COC3CCCC(CSC(C)(C)C(=O)O)C3)c(C)o2)cc1.Cc1ccc(-c2nc(COC3CCCC(C[S+]([O-])C(C)(C)C(=O)O)C3)c(C)o2)cc1. The van der Waals surface area contributed by atoms with Crippen LogP contribution in [0.15, 0.2) is 57.4 Å². The molecule has 2 heterocycles. The summed E-state index contributed by atoms with van der Waals surface area (Å²) in [5, 5.41) is 18.6. The lowest BCUT2D eigenvalue weighted by molar-refractivity contribution is -0.140. The van der Waals surface area contributed by atoms with Crippen LogP contribution < -0.4 is 0 Å². The van der Waals surface area contributed by atoms with Crippen LogP contribution in [0.1, 0.15) is 113 Å². The molecule has 2 N–H and O–H groups in total. The number of hydrogen-bond donors (Lipinski definition) is 2. The van der Waals surface area contributed by atoms with Crippen molar-refractivity contribution in [1.82, 2.24) is 9.97 Å². The molecule has 6 rings (SSSR count). The van der Waals surface area contributed by atoms with Gasteiger partial charge in [0.1, 0.15) is 33.4 Å². The number of nitrogens with zero attached hydrogens (tertiary/aromatic N) is 2. The standard InChI is InChI=1S/C23H31NO5S.C23H31NO4S/c1-15-8-10-18(11-9-15)21-24-20(16(2)29-21)13-28-19-7-5-6-17(12-19)14-30(27)23(3,4)22(25)26;1-15-8-10-18(11-9-15)21-24-20(16(2)28-21)13-27-19-7-5-6-17(12-19)14-29-23(3,4)22(25)26/h8-11,17,19H,5-7,12-14H2,1-4H3,(H,25,26);8-11,17,19H,5-7,12-14H2,1-4H3,(H,25,26). The van der Waals surface area contributed by atoms with E-state index in [0.717, 1.165) is 91.2 Å². The summed E-state index contributed by atoms with van der Waals surface area (Å²) in [5.74, 6) is 2.98. The minimum atomic E-state index is -1.42. The normalized spacial score (nSPS) is 20.4. The number of hydrogen-bond acceptors (Lipinski definition) is 10. The van der Waals surface area contributed by atoms with E-state index in [9.17, 15) is 24.4 Å². The Bertz CT molecular complexity index is 1970. The first-order chi connectivity index (χ1) is 27.9. The lowest BCUT2D eigenvalue weighted by Crippen LogP contribution is -2.44. The van der Waals surface area contributed by atoms with Gasteiger partial charge in [-0.05, 0) is 141 Å². The highest BCUT2D eigenvalue weighted by Crippen LogP contribution is 2.35. The molecule has 2 fully saturated rings. The lowest BCUT2D eigenvalue weighted by Gasteiger charge is -2.32. The molecule has 2 saturated carbocycles. The summed E-state index contributed by atoms with van der Waals surface area (Å²) in [6, 6.07) is 16.2. The highest BCUT2D eigenvalue weighted by Gasteiger charge is 2.42. The van der Waals surface area contributed by atoms with Gasteiger partial charge in [-0.3, -0.25) is 4.79 Å². The molecule has 0 aliphatic heterocycles. The lowest BCUT2D eigenvalue weighted by atomic mass is 9.88. The zero-order valence-corrected chi connectivity index (χ0v) is 37.5. The van der Waals surface area contributed by atoms with Crippen LogP contribution >= 0.6 is 11.8 Å². The van der Waals surface area contributed by atoms with Crippen molar-refractivity contribution in [1.29, 1.82) is 0 Å². The molecule has 2 aromatic carbocycles. The molecule has 5 unspecified atom stereocenters. The van der Waals surface area contributed by atoms with Gasteiger partial charge in [0.15, 0.2) is 0 Å². The van der Waals surface area contributed by atoms with Crippen LogP contribution in [0.4, 0.5) is 0 Å². The van der Waals surface area contributed by atoms with Crippen LogP contribution in [0.3, 0.4) is 0 Å². The Morgan fingerprint density at radius 1 is 0.729 bits per heavy atom. The molecule has 4 aromatic rings. The van der Waals surface area contributed by atoms with Gasteiger partial charge in [-0.1, -0.05) is 48.2 Å². The fourth-order valence-electron chi connectivity index (χ4n) is 7.15. The first-order valence-electron chi connectivity index (χ1n) is 20.7. The largest absolute Gasteiger partial charge is 0.615 e. The number of aromatic nitrogens is 2. The number of aliphatic carboxylic acids is 2. The Labute approximate surface area is 356 Å². The molecular formula is C46H62N2O9S2. The summed E-state index contributed by atoms with van der Waals surface area (Å²) in [6.07, 6.45) is 8.24. The topological polar surface area (TPSA) is 168 Å². The molecule has 2 aliphatic carbocycles. The van der Waals surface area contributed by atoms with Crippen molar-refractivity contribution in [3.05, 3.63) is 82.6 Å². The monoisotopic (exact) mass is 850 g/mol. The molecule has 59 heavy (non-hydrogen) atoms. The first-order valence-corrected chi connectivity index (χ1v) is 23.0. The van der Waals surface area contributed by atoms with Gasteiger partial charge in [0.05, 0.1) is 25.4 Å². The zero-order chi connectivity index (χ0) is 42.9. The van der Waals surface area contributed by atoms with Gasteiger partial charge >= 0.3 is 11.9 Å². The van der Waals surface area contributed by atoms with E-state index in [-0.39, 0.29) is 18.1 Å². The Morgan fingerprint density at radius 3 is 1.61 bits per heavy atom. The van der Waals surface area contributed by atoms with E-state index in [1.54, 1.807) is 13.8 Å². The van der Waals surface area contributed by atoms with Gasteiger partial charge in [0, 0.05) is 17.0 Å². The predicted molar refractivity (Wildman–Crippen MR) is 233 cm³/mol. The summed E-state index contributed by atoms with van der Waals surface area (Å²) in [4.78, 5) is 31.9. The number of ether oxygens (including phenoxy) is 2. The number of rotatable bonds is 16. The fourth-order valence-corrected chi connectivity index (χ4v) is 9.57. The quantitative estimate of drug-likeness (QED) is 0.103. The third kappa shape index (κ3) is 13.2. The molecule has 0 amide bonds. The summed E-state index contributed by atoms with van der Waals surface area (Å²) < 4.78 is 34.6. The average Bonchev–Trinajstić information content (AvgIpc) is 3.77. The predicted octanol–water partition coefficient (Wildman–Crippen LogP) is 10.3. The van der Waals surface area contributed by atoms with Crippen molar-refractivity contribution in [2.24, 2.45) is 11.8 Å². The second-order valence-electron chi connectivity index (χ2n) is 17.2. The minimum Gasteiger partial charge on any atom is -0.615 e. The Hall–Kier alpha value is -3.62. The van der Waals surface area contributed by atoms with Gasteiger partial charge in [0.25, 0.3) is 0 Å². The smallest absolute Gasteiger partial charge is 0.359 e. The number of oxazole rings is 2. The van der Waals surface area contributed by atoms with E-state index in [1.807, 2.05) is 57.2 Å². The van der Waals surface area contributed by atoms with Crippen LogP contribution in [-0.4, -0.2) is 69.9 Å². The van der Waals surface area contributed by atoms with Gasteiger partial charge in [-0.25, -0.2) is 14.8 Å². The Morgan fingerprint density at radius 2 is 1.17 bits per heavy atom. The van der Waals surface area contributed by atoms with Gasteiger partial charge in [-0.15, -0.1) is 11.8 Å². The molecule has 2 aromatic heterocycles. The maximum absolute atomic E-state index is 12.5. The molecule has 0 bridgehead atoms. The average molecular weight is 851 g/mol. The van der Waals surface area contributed by atoms with E-state index in [2.05, 4.69) is 29.0 Å². The number of benzene rings is 2. The van der Waals surface area contributed by atoms with Crippen molar-refractivity contribution in [2.75, 3.05) is 11.5 Å². The molecule has 0 saturated heterocycles. The van der Waals surface area contributed by atoms with E-state index in [1.165, 1.54) is 36.7 Å². The highest BCUT2D eigenvalue weighted by molar-refractivity contribution is 8.01. The van der Waals surface area contributed by atoms with Crippen LogP contribution in [0, 0.1) is 39.5 Å². The van der Waals surface area contributed by atoms with Crippen LogP contribution in [0.2, 0.25) is 0 Å². The van der Waals surface area contributed by atoms with Crippen LogP contribution in [0.25, 0.3) is 22.9 Å². The van der Waals surface area contributed by atoms with Crippen molar-refractivity contribution in [3.8, 4) is 22.9 Å². The molecular weight excluding hydrogens is 789 g/mol. The number of carboxylic acids is 2. The maximum atomic E-state index is 12.5. The van der Waals surface area contributed by atoms with Crippen molar-refractivity contribution in [2.45, 2.75) is 142 Å². The number of carbonyl (C=O) groups is 2. The van der Waals surface area contributed by atoms with Crippen LogP contribution in [-0.2, 0) is 43.5 Å². The second-order valence-corrected chi connectivity index (χ2v) is 20.8. The Balaban J connectivity index is 0.000000224. The maximum Gasteiger partial charge on any atom is 0.359 e. The van der Waals surface area contributed by atoms with Crippen molar-refractivity contribution >= 4 is 34.9 Å². The molecule has 322 valence electrons. The fraction of sp³-hybridized carbons (Fsp3) is 0.565. The molecule has 13 heteroatoms. The van der Waals surface area contributed by atoms with Gasteiger partial charge in [-0.2, -0.15) is 0 Å². The highest BCUT2D eigenvalue weighted by atomic mass is 32.2. The van der Waals surface area contributed by atoms with Gasteiger partial charge < -0.3 is 33.1 Å². The third-order valence-corrected chi connectivity index (χ3v) is 15.1.